The Kier molecular flexibility index (Phi) is 6.21. The summed E-state index contributed by atoms with van der Waals surface area (Å²) in [5, 5.41) is 19.8. The molecule has 0 aromatic heterocycles. The summed E-state index contributed by atoms with van der Waals surface area (Å²) in [6, 6.07) is 14.6. The molecular formula is C26H31N5O2. The Morgan fingerprint density at radius 1 is 0.909 bits per heavy atom. The molecule has 3 heterocycles. The molecule has 3 aliphatic rings. The summed E-state index contributed by atoms with van der Waals surface area (Å²) in [5.41, 5.74) is 5.69. The van der Waals surface area contributed by atoms with Gasteiger partial charge in [-0.1, -0.05) is 24.3 Å². The first-order valence-electron chi connectivity index (χ1n) is 11.9. The van der Waals surface area contributed by atoms with Crippen molar-refractivity contribution < 1.29 is 9.90 Å². The SMILES string of the molecule is N#CN1CCN(c2ccc3c(c2)CCN(C[C@H](O)CN2CCc4ccccc4C2)C3=O)CC1. The van der Waals surface area contributed by atoms with E-state index in [-0.39, 0.29) is 5.91 Å². The van der Waals surface area contributed by atoms with E-state index in [1.165, 1.54) is 11.1 Å². The van der Waals surface area contributed by atoms with Crippen LogP contribution < -0.4 is 4.90 Å². The number of anilines is 1. The number of nitriles is 1. The largest absolute Gasteiger partial charge is 0.390 e. The van der Waals surface area contributed by atoms with Crippen LogP contribution in [0.25, 0.3) is 0 Å². The second kappa shape index (κ2) is 9.42. The van der Waals surface area contributed by atoms with E-state index in [1.807, 2.05) is 12.1 Å². The first kappa shape index (κ1) is 21.7. The fourth-order valence-electron chi connectivity index (χ4n) is 5.28. The van der Waals surface area contributed by atoms with Crippen LogP contribution in [0.4, 0.5) is 5.69 Å². The van der Waals surface area contributed by atoms with Gasteiger partial charge in [-0.2, -0.15) is 5.26 Å². The van der Waals surface area contributed by atoms with Crippen LogP contribution in [0, 0.1) is 11.5 Å². The molecule has 0 aliphatic carbocycles. The zero-order valence-corrected chi connectivity index (χ0v) is 19.0. The summed E-state index contributed by atoms with van der Waals surface area (Å²) in [6.07, 6.45) is 3.47. The second-order valence-electron chi connectivity index (χ2n) is 9.32. The average Bonchev–Trinajstić information content (AvgIpc) is 2.85. The van der Waals surface area contributed by atoms with E-state index in [9.17, 15) is 9.90 Å². The monoisotopic (exact) mass is 445 g/mol. The molecule has 0 spiro atoms. The number of hydrogen-bond donors (Lipinski definition) is 1. The van der Waals surface area contributed by atoms with Crippen LogP contribution in [0.1, 0.15) is 27.0 Å². The van der Waals surface area contributed by atoms with Crippen LogP contribution in [0.2, 0.25) is 0 Å². The second-order valence-corrected chi connectivity index (χ2v) is 9.32. The molecule has 3 aliphatic heterocycles. The maximum atomic E-state index is 13.1. The Morgan fingerprint density at radius 3 is 2.45 bits per heavy atom. The molecule has 1 fully saturated rings. The number of rotatable bonds is 5. The zero-order chi connectivity index (χ0) is 22.8. The van der Waals surface area contributed by atoms with Gasteiger partial charge in [-0.05, 0) is 47.7 Å². The van der Waals surface area contributed by atoms with Gasteiger partial charge in [0.15, 0.2) is 6.19 Å². The molecule has 7 nitrogen and oxygen atoms in total. The minimum Gasteiger partial charge on any atom is -0.390 e. The minimum absolute atomic E-state index is 0.0140. The van der Waals surface area contributed by atoms with Crippen LogP contribution in [0.3, 0.4) is 0 Å². The van der Waals surface area contributed by atoms with Crippen molar-refractivity contribution in [3.05, 3.63) is 64.7 Å². The van der Waals surface area contributed by atoms with Crippen molar-refractivity contribution in [1.29, 1.82) is 5.26 Å². The van der Waals surface area contributed by atoms with Crippen molar-refractivity contribution in [2.24, 2.45) is 0 Å². The van der Waals surface area contributed by atoms with E-state index >= 15 is 0 Å². The number of piperazine rings is 1. The summed E-state index contributed by atoms with van der Waals surface area (Å²) < 4.78 is 0. The lowest BCUT2D eigenvalue weighted by molar-refractivity contribution is 0.0493. The number of hydrogen-bond acceptors (Lipinski definition) is 6. The Morgan fingerprint density at radius 2 is 1.67 bits per heavy atom. The third kappa shape index (κ3) is 4.68. The van der Waals surface area contributed by atoms with Crippen LogP contribution in [0.15, 0.2) is 42.5 Å². The van der Waals surface area contributed by atoms with Crippen LogP contribution in [-0.4, -0.2) is 84.2 Å². The van der Waals surface area contributed by atoms with Gasteiger partial charge in [-0.25, -0.2) is 0 Å². The highest BCUT2D eigenvalue weighted by atomic mass is 16.3. The van der Waals surface area contributed by atoms with Gasteiger partial charge in [-0.3, -0.25) is 9.69 Å². The molecule has 2 aromatic rings. The molecule has 1 saturated heterocycles. The number of amides is 1. The molecule has 7 heteroatoms. The van der Waals surface area contributed by atoms with Gasteiger partial charge in [-0.15, -0.1) is 0 Å². The van der Waals surface area contributed by atoms with Gasteiger partial charge in [0.2, 0.25) is 0 Å². The third-order valence-electron chi connectivity index (χ3n) is 7.15. The van der Waals surface area contributed by atoms with Crippen molar-refractivity contribution in [2.45, 2.75) is 25.5 Å². The number of aliphatic hydroxyl groups is 1. The molecule has 0 bridgehead atoms. The van der Waals surface area contributed by atoms with Gasteiger partial charge in [0.25, 0.3) is 5.91 Å². The van der Waals surface area contributed by atoms with Crippen molar-refractivity contribution in [2.75, 3.05) is 57.3 Å². The molecule has 0 saturated carbocycles. The first-order valence-corrected chi connectivity index (χ1v) is 11.9. The van der Waals surface area contributed by atoms with E-state index in [1.54, 1.807) is 9.80 Å². The fourth-order valence-corrected chi connectivity index (χ4v) is 5.28. The summed E-state index contributed by atoms with van der Waals surface area (Å²) in [4.78, 5) is 21.3. The predicted molar refractivity (Wildman–Crippen MR) is 127 cm³/mol. The average molecular weight is 446 g/mol. The van der Waals surface area contributed by atoms with Gasteiger partial charge in [0.05, 0.1) is 6.10 Å². The Bertz CT molecular complexity index is 1060. The number of nitrogens with zero attached hydrogens (tertiary/aromatic N) is 5. The zero-order valence-electron chi connectivity index (χ0n) is 19.0. The normalized spacial score (nSPS) is 19.6. The Balaban J connectivity index is 1.18. The van der Waals surface area contributed by atoms with Crippen LogP contribution >= 0.6 is 0 Å². The van der Waals surface area contributed by atoms with E-state index in [2.05, 4.69) is 46.3 Å². The molecular weight excluding hydrogens is 414 g/mol. The summed E-state index contributed by atoms with van der Waals surface area (Å²) in [7, 11) is 0. The number of aliphatic hydroxyl groups excluding tert-OH is 1. The number of carbonyl (C=O) groups is 1. The Hall–Kier alpha value is -3.08. The van der Waals surface area contributed by atoms with Gasteiger partial charge < -0.3 is 19.8 Å². The highest BCUT2D eigenvalue weighted by Crippen LogP contribution is 2.26. The molecule has 1 atom stereocenters. The topological polar surface area (TPSA) is 74.1 Å². The van der Waals surface area contributed by atoms with Gasteiger partial charge >= 0.3 is 0 Å². The molecule has 0 radical (unpaired) electrons. The lowest BCUT2D eigenvalue weighted by atomic mass is 9.97. The number of benzene rings is 2. The standard InChI is InChI=1S/C26H31N5O2/c27-19-28-11-13-30(14-12-28)23-5-6-25-21(15-23)8-10-31(26(25)33)18-24(32)17-29-9-7-20-3-1-2-4-22(20)16-29/h1-6,15,24,32H,7-14,16-18H2/t24-/m1/s1. The maximum Gasteiger partial charge on any atom is 0.254 e. The van der Waals surface area contributed by atoms with Gasteiger partial charge in [0.1, 0.15) is 0 Å². The smallest absolute Gasteiger partial charge is 0.254 e. The molecule has 1 N–H and O–H groups in total. The quantitative estimate of drug-likeness (QED) is 0.707. The van der Waals surface area contributed by atoms with Crippen LogP contribution in [0.5, 0.6) is 0 Å². The molecule has 33 heavy (non-hydrogen) atoms. The summed E-state index contributed by atoms with van der Waals surface area (Å²) in [5.74, 6) is 0.0140. The minimum atomic E-state index is -0.559. The van der Waals surface area contributed by atoms with E-state index < -0.39 is 6.10 Å². The third-order valence-corrected chi connectivity index (χ3v) is 7.15. The molecule has 1 amide bonds. The lowest BCUT2D eigenvalue weighted by Gasteiger charge is -2.35. The summed E-state index contributed by atoms with van der Waals surface area (Å²) >= 11 is 0. The highest BCUT2D eigenvalue weighted by molar-refractivity contribution is 5.97. The molecule has 172 valence electrons. The summed E-state index contributed by atoms with van der Waals surface area (Å²) in [6.45, 7) is 6.50. The first-order chi connectivity index (χ1) is 16.1. The lowest BCUT2D eigenvalue weighted by Crippen LogP contribution is -2.46. The van der Waals surface area contributed by atoms with Crippen molar-refractivity contribution in [3.63, 3.8) is 0 Å². The highest BCUT2D eigenvalue weighted by Gasteiger charge is 2.28. The maximum absolute atomic E-state index is 13.1. The number of carbonyl (C=O) groups excluding carboxylic acids is 1. The number of fused-ring (bicyclic) bond motifs is 2. The van der Waals surface area contributed by atoms with E-state index in [0.29, 0.717) is 19.6 Å². The number of β-amino-alcohol motifs (C(OH)–C–C–N with tert-alkyl or cyclic N) is 1. The van der Waals surface area contributed by atoms with Gasteiger partial charge in [0, 0.05) is 70.2 Å². The van der Waals surface area contributed by atoms with E-state index in [0.717, 1.165) is 68.9 Å². The van der Waals surface area contributed by atoms with E-state index in [4.69, 9.17) is 5.26 Å². The van der Waals surface area contributed by atoms with Crippen molar-refractivity contribution >= 4 is 11.6 Å². The molecule has 5 rings (SSSR count). The van der Waals surface area contributed by atoms with Crippen LogP contribution in [-0.2, 0) is 19.4 Å². The molecule has 2 aromatic carbocycles. The fraction of sp³-hybridized carbons (Fsp3) is 0.462. The van der Waals surface area contributed by atoms with Crippen molar-refractivity contribution in [3.8, 4) is 6.19 Å². The molecule has 0 unspecified atom stereocenters. The Labute approximate surface area is 195 Å². The predicted octanol–water partition coefficient (Wildman–Crippen LogP) is 1.71. The van der Waals surface area contributed by atoms with Crippen molar-refractivity contribution in [1.82, 2.24) is 14.7 Å².